The van der Waals surface area contributed by atoms with E-state index >= 15 is 0 Å². The first-order valence-electron chi connectivity index (χ1n) is 10.4. The molecule has 2 heterocycles. The first-order valence-corrected chi connectivity index (χ1v) is 11.2. The molecule has 1 aromatic rings. The molecule has 0 unspecified atom stereocenters. The predicted molar refractivity (Wildman–Crippen MR) is 111 cm³/mol. The maximum atomic E-state index is 12.8. The van der Waals surface area contributed by atoms with Gasteiger partial charge in [0.2, 0.25) is 22.0 Å². The lowest BCUT2D eigenvalue weighted by Crippen LogP contribution is -2.53. The van der Waals surface area contributed by atoms with E-state index in [1.54, 1.807) is 0 Å². The SMILES string of the molecule is CC(C)C[C@@H](/C=C/C(=O)Nc1nnc(C(F)(F)F)s1)NC(=O)[C@@H]1CCCCN1OC(=O)C(F)(F)F. The van der Waals surface area contributed by atoms with E-state index in [-0.39, 0.29) is 35.4 Å². The molecule has 2 N–H and O–H groups in total. The number of piperidine rings is 1. The number of alkyl halides is 6. The quantitative estimate of drug-likeness (QED) is 0.390. The highest BCUT2D eigenvalue weighted by Gasteiger charge is 2.44. The van der Waals surface area contributed by atoms with Gasteiger partial charge in [0, 0.05) is 18.7 Å². The summed E-state index contributed by atoms with van der Waals surface area (Å²) in [4.78, 5) is 40.5. The van der Waals surface area contributed by atoms with Crippen molar-refractivity contribution in [3.8, 4) is 0 Å². The summed E-state index contributed by atoms with van der Waals surface area (Å²) in [5.41, 5.74) is 0. The number of halogens is 6. The number of rotatable bonds is 8. The van der Waals surface area contributed by atoms with Gasteiger partial charge in [-0.05, 0) is 31.6 Å². The van der Waals surface area contributed by atoms with E-state index < -0.39 is 47.2 Å². The normalized spacial score (nSPS) is 18.5. The van der Waals surface area contributed by atoms with Gasteiger partial charge in [0.1, 0.15) is 6.04 Å². The lowest BCUT2D eigenvalue weighted by atomic mass is 10.0. The number of amides is 2. The standard InChI is InChI=1S/C19H23F6N5O4S/c1-10(2)9-11(6-7-13(31)27-17-29-28-15(35-17)18(20,21)22)26-14(32)12-5-3-4-8-30(12)34-16(33)19(23,24)25/h6-7,10-12H,3-5,8-9H2,1-2H3,(H,26,32)(H,27,29,31)/b7-6+/t11-,12+/m1/s1. The zero-order valence-electron chi connectivity index (χ0n) is 18.6. The Labute approximate surface area is 199 Å². The second kappa shape index (κ2) is 11.8. The Morgan fingerprint density at radius 3 is 2.43 bits per heavy atom. The van der Waals surface area contributed by atoms with Crippen LogP contribution in [0.2, 0.25) is 0 Å². The third-order valence-electron chi connectivity index (χ3n) is 4.62. The molecule has 35 heavy (non-hydrogen) atoms. The molecular weight excluding hydrogens is 508 g/mol. The van der Waals surface area contributed by atoms with Gasteiger partial charge in [0.15, 0.2) is 0 Å². The third-order valence-corrected chi connectivity index (χ3v) is 5.50. The minimum absolute atomic E-state index is 0.0241. The van der Waals surface area contributed by atoms with Crippen molar-refractivity contribution in [3.05, 3.63) is 17.2 Å². The van der Waals surface area contributed by atoms with Crippen LogP contribution in [-0.2, 0) is 25.4 Å². The van der Waals surface area contributed by atoms with Gasteiger partial charge in [0.05, 0.1) is 0 Å². The number of hydrogen-bond acceptors (Lipinski definition) is 8. The summed E-state index contributed by atoms with van der Waals surface area (Å²) in [5, 5.41) is 10.0. The van der Waals surface area contributed by atoms with E-state index in [1.165, 1.54) is 6.08 Å². The second-order valence-electron chi connectivity index (χ2n) is 8.03. The molecule has 16 heteroatoms. The van der Waals surface area contributed by atoms with Crippen LogP contribution in [0, 0.1) is 5.92 Å². The first-order chi connectivity index (χ1) is 16.2. The number of carbonyl (C=O) groups is 3. The molecule has 0 bridgehead atoms. The molecule has 0 spiro atoms. The molecule has 2 atom stereocenters. The van der Waals surface area contributed by atoms with E-state index in [0.29, 0.717) is 24.3 Å². The fraction of sp³-hybridized carbons (Fsp3) is 0.632. The molecule has 0 radical (unpaired) electrons. The molecule has 1 aliphatic heterocycles. The lowest BCUT2D eigenvalue weighted by Gasteiger charge is -2.33. The minimum Gasteiger partial charge on any atom is -0.360 e. The van der Waals surface area contributed by atoms with Crippen molar-refractivity contribution in [2.45, 2.75) is 64.0 Å². The number of nitrogens with zero attached hydrogens (tertiary/aromatic N) is 3. The monoisotopic (exact) mass is 531 g/mol. The molecule has 0 aliphatic carbocycles. The fourth-order valence-corrected chi connectivity index (χ4v) is 3.76. The van der Waals surface area contributed by atoms with Crippen molar-refractivity contribution in [1.82, 2.24) is 20.6 Å². The summed E-state index contributed by atoms with van der Waals surface area (Å²) < 4.78 is 75.5. The zero-order chi connectivity index (χ0) is 26.4. The Morgan fingerprint density at radius 2 is 1.86 bits per heavy atom. The number of hydrogen-bond donors (Lipinski definition) is 2. The van der Waals surface area contributed by atoms with Crippen LogP contribution in [0.4, 0.5) is 31.5 Å². The number of carbonyl (C=O) groups excluding carboxylic acids is 3. The Hall–Kier alpha value is -2.75. The summed E-state index contributed by atoms with van der Waals surface area (Å²) in [6.07, 6.45) is -6.21. The molecule has 1 aromatic heterocycles. The molecule has 1 aliphatic rings. The van der Waals surface area contributed by atoms with Crippen LogP contribution in [0.25, 0.3) is 0 Å². The third kappa shape index (κ3) is 9.08. The van der Waals surface area contributed by atoms with Crippen LogP contribution in [0.5, 0.6) is 0 Å². The van der Waals surface area contributed by atoms with Crippen molar-refractivity contribution < 1.29 is 45.6 Å². The van der Waals surface area contributed by atoms with Crippen molar-refractivity contribution in [1.29, 1.82) is 0 Å². The molecule has 2 rings (SSSR count). The van der Waals surface area contributed by atoms with E-state index in [1.807, 2.05) is 13.8 Å². The maximum Gasteiger partial charge on any atom is 0.492 e. The topological polar surface area (TPSA) is 114 Å². The summed E-state index contributed by atoms with van der Waals surface area (Å²) >= 11 is 0.139. The van der Waals surface area contributed by atoms with Crippen LogP contribution in [-0.4, -0.2) is 57.8 Å². The Kier molecular flexibility index (Phi) is 9.60. The van der Waals surface area contributed by atoms with E-state index in [2.05, 4.69) is 25.7 Å². The van der Waals surface area contributed by atoms with Gasteiger partial charge >= 0.3 is 18.3 Å². The Bertz CT molecular complexity index is 934. The maximum absolute atomic E-state index is 12.8. The van der Waals surface area contributed by atoms with Crippen LogP contribution in [0.3, 0.4) is 0 Å². The van der Waals surface area contributed by atoms with Gasteiger partial charge < -0.3 is 10.2 Å². The fourth-order valence-electron chi connectivity index (χ4n) is 3.15. The van der Waals surface area contributed by atoms with Gasteiger partial charge in [-0.15, -0.1) is 15.3 Å². The summed E-state index contributed by atoms with van der Waals surface area (Å²) in [6, 6.07) is -1.90. The summed E-state index contributed by atoms with van der Waals surface area (Å²) in [7, 11) is 0. The zero-order valence-corrected chi connectivity index (χ0v) is 19.4. The highest BCUT2D eigenvalue weighted by Crippen LogP contribution is 2.33. The molecule has 1 saturated heterocycles. The number of nitrogens with one attached hydrogen (secondary N) is 2. The largest absolute Gasteiger partial charge is 0.492 e. The summed E-state index contributed by atoms with van der Waals surface area (Å²) in [5.74, 6) is -3.93. The summed E-state index contributed by atoms with van der Waals surface area (Å²) in [6.45, 7) is 3.59. The second-order valence-corrected chi connectivity index (χ2v) is 9.01. The molecule has 0 saturated carbocycles. The van der Waals surface area contributed by atoms with Crippen LogP contribution >= 0.6 is 11.3 Å². The molecule has 9 nitrogen and oxygen atoms in total. The van der Waals surface area contributed by atoms with Gasteiger partial charge in [-0.25, -0.2) is 4.79 Å². The number of hydroxylamine groups is 2. The van der Waals surface area contributed by atoms with E-state index in [0.717, 1.165) is 6.08 Å². The first kappa shape index (κ1) is 28.5. The highest BCUT2D eigenvalue weighted by molar-refractivity contribution is 7.15. The molecule has 1 fully saturated rings. The van der Waals surface area contributed by atoms with Gasteiger partial charge in [-0.1, -0.05) is 31.3 Å². The van der Waals surface area contributed by atoms with Gasteiger partial charge in [-0.3, -0.25) is 14.9 Å². The van der Waals surface area contributed by atoms with E-state index in [4.69, 9.17) is 0 Å². The highest BCUT2D eigenvalue weighted by atomic mass is 32.1. The smallest absolute Gasteiger partial charge is 0.360 e. The predicted octanol–water partition coefficient (Wildman–Crippen LogP) is 3.46. The Morgan fingerprint density at radius 1 is 1.17 bits per heavy atom. The van der Waals surface area contributed by atoms with Crippen molar-refractivity contribution in [2.24, 2.45) is 5.92 Å². The van der Waals surface area contributed by atoms with Gasteiger partial charge in [0.25, 0.3) is 0 Å². The van der Waals surface area contributed by atoms with E-state index in [9.17, 15) is 40.7 Å². The van der Waals surface area contributed by atoms with Crippen molar-refractivity contribution >= 4 is 34.3 Å². The van der Waals surface area contributed by atoms with Gasteiger partial charge in [-0.2, -0.15) is 26.3 Å². The molecule has 196 valence electrons. The van der Waals surface area contributed by atoms with Crippen LogP contribution in [0.15, 0.2) is 12.2 Å². The van der Waals surface area contributed by atoms with Crippen molar-refractivity contribution in [3.63, 3.8) is 0 Å². The molecular formula is C19H23F6N5O4S. The average molecular weight is 531 g/mol. The number of anilines is 1. The number of aromatic nitrogens is 2. The van der Waals surface area contributed by atoms with Crippen LogP contribution < -0.4 is 10.6 Å². The molecule has 2 amide bonds. The molecule has 0 aromatic carbocycles. The lowest BCUT2D eigenvalue weighted by molar-refractivity contribution is -0.248. The average Bonchev–Trinajstić information content (AvgIpc) is 3.20. The van der Waals surface area contributed by atoms with Crippen molar-refractivity contribution in [2.75, 3.05) is 11.9 Å². The van der Waals surface area contributed by atoms with Crippen LogP contribution in [0.1, 0.15) is 44.5 Å². The Balaban J connectivity index is 2.04. The minimum atomic E-state index is -5.22.